The molecule has 0 spiro atoms. The molecule has 3 fully saturated rings. The summed E-state index contributed by atoms with van der Waals surface area (Å²) in [6.07, 6.45) is 8.43. The van der Waals surface area contributed by atoms with Crippen LogP contribution in [-0.4, -0.2) is 58.2 Å². The Bertz CT molecular complexity index is 1590. The maximum Gasteiger partial charge on any atom is 0.254 e. The quantitative estimate of drug-likeness (QED) is 0.290. The monoisotopic (exact) mass is 553 g/mol. The molecule has 4 heterocycles. The second-order valence-corrected chi connectivity index (χ2v) is 12.6. The van der Waals surface area contributed by atoms with E-state index < -0.39 is 0 Å². The van der Waals surface area contributed by atoms with Crippen molar-refractivity contribution in [2.24, 2.45) is 18.9 Å². The molecular formula is C34H43N5O2. The molecule has 1 N–H and O–H groups in total. The summed E-state index contributed by atoms with van der Waals surface area (Å²) in [6.45, 7) is 7.06. The first-order valence-corrected chi connectivity index (χ1v) is 15.7. The van der Waals surface area contributed by atoms with E-state index >= 15 is 0 Å². The first-order valence-electron chi connectivity index (χ1n) is 15.7. The molecule has 216 valence electrons. The van der Waals surface area contributed by atoms with Gasteiger partial charge in [-0.05, 0) is 86.6 Å². The molecule has 7 nitrogen and oxygen atoms in total. The Morgan fingerprint density at radius 3 is 2.71 bits per heavy atom. The third kappa shape index (κ3) is 4.82. The zero-order chi connectivity index (χ0) is 28.1. The third-order valence-corrected chi connectivity index (χ3v) is 9.84. The summed E-state index contributed by atoms with van der Waals surface area (Å²) in [7, 11) is 3.77. The van der Waals surface area contributed by atoms with E-state index in [-0.39, 0.29) is 5.91 Å². The number of ether oxygens (including phenoxy) is 1. The molecule has 2 aromatic carbocycles. The van der Waals surface area contributed by atoms with Crippen LogP contribution in [0.2, 0.25) is 0 Å². The van der Waals surface area contributed by atoms with Crippen molar-refractivity contribution in [1.29, 1.82) is 0 Å². The number of para-hydroxylation sites is 1. The molecule has 2 saturated heterocycles. The lowest BCUT2D eigenvalue weighted by Crippen LogP contribution is -2.39. The molecule has 0 radical (unpaired) electrons. The van der Waals surface area contributed by atoms with Gasteiger partial charge in [0.25, 0.3) is 5.91 Å². The summed E-state index contributed by atoms with van der Waals surface area (Å²) in [5.41, 5.74) is 6.39. The average molecular weight is 554 g/mol. The van der Waals surface area contributed by atoms with E-state index in [0.717, 1.165) is 74.0 Å². The van der Waals surface area contributed by atoms with Crippen molar-refractivity contribution in [2.45, 2.75) is 64.3 Å². The molecule has 3 aliphatic rings. The normalized spacial score (nSPS) is 21.6. The number of nitrogens with zero attached hydrogens (tertiary/aromatic N) is 4. The molecule has 7 heteroatoms. The highest BCUT2D eigenvalue weighted by molar-refractivity contribution is 6.00. The topological polar surface area (TPSA) is 64.3 Å². The number of piperidine rings is 2. The summed E-state index contributed by atoms with van der Waals surface area (Å²) in [5.74, 6) is 3.56. The molecule has 1 saturated carbocycles. The number of fused-ring (bicyclic) bond motifs is 2. The maximum absolute atomic E-state index is 13.6. The van der Waals surface area contributed by atoms with E-state index in [0.29, 0.717) is 23.1 Å². The molecule has 4 aromatic rings. The van der Waals surface area contributed by atoms with E-state index in [2.05, 4.69) is 52.7 Å². The van der Waals surface area contributed by atoms with Crippen molar-refractivity contribution in [3.05, 3.63) is 47.5 Å². The van der Waals surface area contributed by atoms with Crippen LogP contribution < -0.4 is 10.1 Å². The van der Waals surface area contributed by atoms with E-state index in [1.807, 2.05) is 17.0 Å². The van der Waals surface area contributed by atoms with Crippen LogP contribution in [0.25, 0.3) is 33.5 Å². The number of methoxy groups -OCH3 is 1. The van der Waals surface area contributed by atoms with Crippen molar-refractivity contribution in [3.8, 4) is 17.3 Å². The van der Waals surface area contributed by atoms with Crippen molar-refractivity contribution >= 4 is 27.8 Å². The number of imidazole rings is 1. The number of aryl methyl sites for hydroxylation is 1. The molecule has 2 aliphatic heterocycles. The SMILES string of the molecule is CC[C@@H]1CCCN(C(=O)c2cc(OC)c3c(c2)nc(-c2cc4cccc(C5CCCNC5)c4n2CC2CC2)n3C)C1. The van der Waals surface area contributed by atoms with Crippen LogP contribution in [0.5, 0.6) is 5.75 Å². The predicted octanol–water partition coefficient (Wildman–Crippen LogP) is 6.34. The molecule has 1 amide bonds. The van der Waals surface area contributed by atoms with E-state index in [4.69, 9.17) is 9.72 Å². The summed E-state index contributed by atoms with van der Waals surface area (Å²) in [5, 5.41) is 4.91. The van der Waals surface area contributed by atoms with Gasteiger partial charge in [-0.3, -0.25) is 4.79 Å². The van der Waals surface area contributed by atoms with Crippen LogP contribution in [0.1, 0.15) is 73.7 Å². The second kappa shape index (κ2) is 10.8. The lowest BCUT2D eigenvalue weighted by molar-refractivity contribution is 0.0671. The molecule has 2 atom stereocenters. The van der Waals surface area contributed by atoms with Crippen molar-refractivity contribution in [3.63, 3.8) is 0 Å². The van der Waals surface area contributed by atoms with Crippen LogP contribution in [-0.2, 0) is 13.6 Å². The Morgan fingerprint density at radius 1 is 1.07 bits per heavy atom. The molecular weight excluding hydrogens is 510 g/mol. The highest BCUT2D eigenvalue weighted by Crippen LogP contribution is 2.40. The van der Waals surface area contributed by atoms with Crippen molar-refractivity contribution in [1.82, 2.24) is 24.3 Å². The van der Waals surface area contributed by atoms with Crippen LogP contribution in [0.15, 0.2) is 36.4 Å². The second-order valence-electron chi connectivity index (χ2n) is 12.6. The molecule has 41 heavy (non-hydrogen) atoms. The fraction of sp³-hybridized carbons (Fsp3) is 0.529. The van der Waals surface area contributed by atoms with Gasteiger partial charge in [0.1, 0.15) is 11.3 Å². The number of carbonyl (C=O) groups is 1. The standard InChI is InChI=1S/C34H43N5O2/c1-4-22-8-7-15-38(20-22)34(40)26-16-28-32(30(18-26)41-3)37(2)33(36-28)29-17-24-9-5-11-27(25-10-6-14-35-19-25)31(24)39(29)21-23-12-13-23/h5,9,11,16-18,22-23,25,35H,4,6-8,10,12-15,19-21H2,1-3H3/t22-,25?/m1/s1. The van der Waals surface area contributed by atoms with E-state index in [1.165, 1.54) is 48.6 Å². The van der Waals surface area contributed by atoms with Gasteiger partial charge >= 0.3 is 0 Å². The maximum atomic E-state index is 13.6. The number of amides is 1. The lowest BCUT2D eigenvalue weighted by Gasteiger charge is -2.32. The first-order chi connectivity index (χ1) is 20.1. The third-order valence-electron chi connectivity index (χ3n) is 9.84. The molecule has 0 bridgehead atoms. The number of rotatable bonds is 7. The molecule has 7 rings (SSSR count). The average Bonchev–Trinajstić information content (AvgIpc) is 3.68. The van der Waals surface area contributed by atoms with Gasteiger partial charge in [-0.15, -0.1) is 0 Å². The largest absolute Gasteiger partial charge is 0.494 e. The van der Waals surface area contributed by atoms with Gasteiger partial charge in [0, 0.05) is 44.2 Å². The highest BCUT2D eigenvalue weighted by atomic mass is 16.5. The van der Waals surface area contributed by atoms with Gasteiger partial charge in [-0.25, -0.2) is 4.98 Å². The lowest BCUT2D eigenvalue weighted by atomic mass is 9.90. The Morgan fingerprint density at radius 2 is 1.95 bits per heavy atom. The Hall–Kier alpha value is -3.32. The number of benzene rings is 2. The van der Waals surface area contributed by atoms with Gasteiger partial charge < -0.3 is 24.1 Å². The van der Waals surface area contributed by atoms with E-state index in [1.54, 1.807) is 7.11 Å². The highest BCUT2D eigenvalue weighted by Gasteiger charge is 2.29. The van der Waals surface area contributed by atoms with E-state index in [9.17, 15) is 4.79 Å². The number of hydrogen-bond acceptors (Lipinski definition) is 4. The zero-order valence-electron chi connectivity index (χ0n) is 24.8. The van der Waals surface area contributed by atoms with Crippen LogP contribution in [0.4, 0.5) is 0 Å². The fourth-order valence-electron chi connectivity index (χ4n) is 7.32. The summed E-state index contributed by atoms with van der Waals surface area (Å²) in [6, 6.07) is 13.0. The minimum absolute atomic E-state index is 0.0872. The number of likely N-dealkylation sites (tertiary alicyclic amines) is 1. The summed E-state index contributed by atoms with van der Waals surface area (Å²) >= 11 is 0. The van der Waals surface area contributed by atoms with Gasteiger partial charge in [-0.1, -0.05) is 31.5 Å². The zero-order valence-corrected chi connectivity index (χ0v) is 24.8. The Labute approximate surface area is 242 Å². The van der Waals surface area contributed by atoms with Crippen LogP contribution in [0.3, 0.4) is 0 Å². The smallest absolute Gasteiger partial charge is 0.254 e. The van der Waals surface area contributed by atoms with Crippen molar-refractivity contribution in [2.75, 3.05) is 33.3 Å². The Kier molecular flexibility index (Phi) is 7.02. The Balaban J connectivity index is 1.34. The summed E-state index contributed by atoms with van der Waals surface area (Å²) in [4.78, 5) is 20.9. The van der Waals surface area contributed by atoms with Gasteiger partial charge in [0.05, 0.1) is 23.8 Å². The summed E-state index contributed by atoms with van der Waals surface area (Å²) < 4.78 is 10.6. The minimum Gasteiger partial charge on any atom is -0.494 e. The van der Waals surface area contributed by atoms with Crippen LogP contribution in [0, 0.1) is 11.8 Å². The minimum atomic E-state index is 0.0872. The van der Waals surface area contributed by atoms with Gasteiger partial charge in [0.15, 0.2) is 5.82 Å². The number of hydrogen-bond donors (Lipinski definition) is 1. The van der Waals surface area contributed by atoms with Gasteiger partial charge in [-0.2, -0.15) is 0 Å². The molecule has 1 unspecified atom stereocenters. The van der Waals surface area contributed by atoms with Crippen molar-refractivity contribution < 1.29 is 9.53 Å². The van der Waals surface area contributed by atoms with Crippen LogP contribution >= 0.6 is 0 Å². The molecule has 2 aromatic heterocycles. The van der Waals surface area contributed by atoms with Gasteiger partial charge in [0.2, 0.25) is 0 Å². The number of aromatic nitrogens is 3. The predicted molar refractivity (Wildman–Crippen MR) is 165 cm³/mol. The molecule has 1 aliphatic carbocycles. The fourth-order valence-corrected chi connectivity index (χ4v) is 7.32. The number of nitrogens with one attached hydrogen (secondary N) is 1. The number of carbonyl (C=O) groups excluding carboxylic acids is 1. The first kappa shape index (κ1) is 26.6.